The van der Waals surface area contributed by atoms with E-state index in [2.05, 4.69) is 32.1 Å². The van der Waals surface area contributed by atoms with E-state index < -0.39 is 32.5 Å². The highest BCUT2D eigenvalue weighted by Gasteiger charge is 2.27. The fourth-order valence-electron chi connectivity index (χ4n) is 5.38. The zero-order valence-electron chi connectivity index (χ0n) is 34.4. The van der Waals surface area contributed by atoms with Crippen LogP contribution in [0.5, 0.6) is 0 Å². The van der Waals surface area contributed by atoms with Gasteiger partial charge in [-0.25, -0.2) is 4.57 Å². The molecule has 0 heterocycles. The molecule has 0 amide bonds. The highest BCUT2D eigenvalue weighted by Crippen LogP contribution is 2.43. The predicted octanol–water partition coefficient (Wildman–Crippen LogP) is 10.3. The molecule has 0 aromatic heterocycles. The fraction of sp³-hybridized carbons (Fsp3) is 0.810. The van der Waals surface area contributed by atoms with Crippen molar-refractivity contribution in [3.63, 3.8) is 0 Å². The number of nitrogens with zero attached hydrogens (tertiary/aromatic N) is 1. The van der Waals surface area contributed by atoms with Gasteiger partial charge in [0.1, 0.15) is 19.8 Å². The standard InChI is InChI=1S/C42H78NO9P/c1-6-8-10-11-12-13-14-15-16-19-22-25-29-33-41(45)49-37-40(38-51-53(47,48)50-36-35-43(3,4)5)52-42(46)34-30-26-23-20-17-18-21-24-28-32-39(44)31-27-9-7-2/h13-14,21,24,28,32,39-40,44H,6-12,15-20,22-23,25-27,29-31,33-38H2,1-5H3/p+1/b14-13-,24-21-,32-28+. The Bertz CT molecular complexity index is 1020. The number of hydrogen-bond acceptors (Lipinski definition) is 8. The molecular weight excluding hydrogens is 693 g/mol. The molecule has 0 saturated heterocycles. The number of carbonyl (C=O) groups is 2. The van der Waals surface area contributed by atoms with Gasteiger partial charge in [-0.1, -0.05) is 127 Å². The molecule has 10 nitrogen and oxygen atoms in total. The van der Waals surface area contributed by atoms with E-state index in [9.17, 15) is 24.2 Å². The summed E-state index contributed by atoms with van der Waals surface area (Å²) in [7, 11) is 1.42. The molecule has 0 aliphatic rings. The number of unbranched alkanes of at least 4 members (excludes halogenated alkanes) is 16. The molecule has 0 aromatic carbocycles. The Hall–Kier alpha value is -1.81. The minimum absolute atomic E-state index is 0.0171. The second kappa shape index (κ2) is 34.7. The minimum atomic E-state index is -4.39. The van der Waals surface area contributed by atoms with E-state index in [0.29, 0.717) is 17.4 Å². The van der Waals surface area contributed by atoms with Gasteiger partial charge in [0.05, 0.1) is 33.9 Å². The molecule has 2 N–H and O–H groups in total. The lowest BCUT2D eigenvalue weighted by molar-refractivity contribution is -0.870. The molecule has 0 bridgehead atoms. The van der Waals surface area contributed by atoms with Crippen molar-refractivity contribution in [1.82, 2.24) is 0 Å². The zero-order valence-corrected chi connectivity index (χ0v) is 35.3. The van der Waals surface area contributed by atoms with Gasteiger partial charge in [-0.05, 0) is 57.8 Å². The summed E-state index contributed by atoms with van der Waals surface area (Å²) >= 11 is 0. The molecular formula is C42H79NO9P+. The molecule has 11 heteroatoms. The summed E-state index contributed by atoms with van der Waals surface area (Å²) in [5.74, 6) is -0.861. The van der Waals surface area contributed by atoms with Gasteiger partial charge < -0.3 is 24.0 Å². The maximum atomic E-state index is 12.7. The van der Waals surface area contributed by atoms with E-state index in [0.717, 1.165) is 96.3 Å². The molecule has 0 spiro atoms. The third-order valence-electron chi connectivity index (χ3n) is 8.75. The van der Waals surface area contributed by atoms with E-state index in [1.54, 1.807) is 0 Å². The van der Waals surface area contributed by atoms with Crippen LogP contribution in [0.3, 0.4) is 0 Å². The monoisotopic (exact) mass is 773 g/mol. The number of hydrogen-bond donors (Lipinski definition) is 2. The van der Waals surface area contributed by atoms with Gasteiger partial charge in [0.15, 0.2) is 6.10 Å². The number of carbonyl (C=O) groups excluding carboxylic acids is 2. The van der Waals surface area contributed by atoms with Crippen molar-refractivity contribution in [2.45, 2.75) is 174 Å². The SMILES string of the molecule is CCCCCC/C=C\CCCCCCCC(=O)OCC(COP(=O)(O)OCC[N+](C)(C)C)OC(=O)CCCCCCC/C=C\C=C\C(O)CCCCC. The number of likely N-dealkylation sites (N-methyl/N-ethyl adjacent to an activating group) is 1. The number of ether oxygens (including phenoxy) is 2. The van der Waals surface area contributed by atoms with Crippen molar-refractivity contribution in [1.29, 1.82) is 0 Å². The maximum absolute atomic E-state index is 12.7. The second-order valence-corrected chi connectivity index (χ2v) is 16.7. The molecule has 0 fully saturated rings. The largest absolute Gasteiger partial charge is 0.472 e. The number of phosphoric acid groups is 1. The number of esters is 2. The van der Waals surface area contributed by atoms with E-state index in [4.69, 9.17) is 18.5 Å². The van der Waals surface area contributed by atoms with Gasteiger partial charge in [0.25, 0.3) is 0 Å². The van der Waals surface area contributed by atoms with Crippen molar-refractivity contribution in [2.75, 3.05) is 47.5 Å². The van der Waals surface area contributed by atoms with E-state index in [-0.39, 0.29) is 32.2 Å². The molecule has 0 saturated carbocycles. The predicted molar refractivity (Wildman–Crippen MR) is 216 cm³/mol. The van der Waals surface area contributed by atoms with Crippen molar-refractivity contribution in [3.8, 4) is 0 Å². The molecule has 0 rings (SSSR count). The molecule has 0 aliphatic heterocycles. The van der Waals surface area contributed by atoms with Crippen LogP contribution in [0.4, 0.5) is 0 Å². The van der Waals surface area contributed by atoms with Crippen LogP contribution < -0.4 is 0 Å². The highest BCUT2D eigenvalue weighted by molar-refractivity contribution is 7.47. The van der Waals surface area contributed by atoms with Crippen molar-refractivity contribution < 1.29 is 47.2 Å². The Morgan fingerprint density at radius 2 is 1.19 bits per heavy atom. The topological polar surface area (TPSA) is 129 Å². The Balaban J connectivity index is 4.48. The van der Waals surface area contributed by atoms with Crippen LogP contribution in [0.25, 0.3) is 0 Å². The zero-order chi connectivity index (χ0) is 39.5. The first kappa shape index (κ1) is 51.2. The van der Waals surface area contributed by atoms with Crippen molar-refractivity contribution in [3.05, 3.63) is 36.5 Å². The lowest BCUT2D eigenvalue weighted by Crippen LogP contribution is -2.37. The molecule has 310 valence electrons. The molecule has 0 aliphatic carbocycles. The lowest BCUT2D eigenvalue weighted by atomic mass is 10.1. The molecule has 3 atom stereocenters. The van der Waals surface area contributed by atoms with Gasteiger partial charge in [-0.2, -0.15) is 0 Å². The summed E-state index contributed by atoms with van der Waals surface area (Å²) < 4.78 is 34.2. The summed E-state index contributed by atoms with van der Waals surface area (Å²) in [5, 5.41) is 9.93. The van der Waals surface area contributed by atoms with E-state index >= 15 is 0 Å². The highest BCUT2D eigenvalue weighted by atomic mass is 31.2. The third kappa shape index (κ3) is 38.3. The Kier molecular flexibility index (Phi) is 33.5. The quantitative estimate of drug-likeness (QED) is 0.0158. The van der Waals surface area contributed by atoms with Gasteiger partial charge >= 0.3 is 19.8 Å². The number of quaternary nitrogens is 1. The molecule has 3 unspecified atom stereocenters. The van der Waals surface area contributed by atoms with Gasteiger partial charge in [0.2, 0.25) is 0 Å². The second-order valence-electron chi connectivity index (χ2n) is 15.2. The normalized spacial score (nSPS) is 14.6. The first-order valence-corrected chi connectivity index (χ1v) is 22.3. The van der Waals surface area contributed by atoms with Crippen LogP contribution in [0.15, 0.2) is 36.5 Å². The number of phosphoric ester groups is 1. The van der Waals surface area contributed by atoms with Crippen LogP contribution in [0.2, 0.25) is 0 Å². The fourth-order valence-corrected chi connectivity index (χ4v) is 6.12. The first-order chi connectivity index (χ1) is 25.4. The maximum Gasteiger partial charge on any atom is 0.472 e. The van der Waals surface area contributed by atoms with Gasteiger partial charge in [-0.3, -0.25) is 18.6 Å². The summed E-state index contributed by atoms with van der Waals surface area (Å²) in [6, 6.07) is 0. The smallest absolute Gasteiger partial charge is 0.462 e. The van der Waals surface area contributed by atoms with Gasteiger partial charge in [-0.15, -0.1) is 0 Å². The first-order valence-electron chi connectivity index (χ1n) is 20.8. The van der Waals surface area contributed by atoms with Crippen LogP contribution in [-0.2, 0) is 32.7 Å². The number of rotatable bonds is 37. The molecule has 53 heavy (non-hydrogen) atoms. The Labute approximate surface area is 324 Å². The van der Waals surface area contributed by atoms with Gasteiger partial charge in [0, 0.05) is 12.8 Å². The average Bonchev–Trinajstić information content (AvgIpc) is 3.09. The Morgan fingerprint density at radius 1 is 0.660 bits per heavy atom. The number of allylic oxidation sites excluding steroid dienone is 5. The average molecular weight is 773 g/mol. The number of aliphatic hydroxyl groups excluding tert-OH is 1. The van der Waals surface area contributed by atoms with Crippen LogP contribution in [0.1, 0.15) is 162 Å². The number of aliphatic hydroxyl groups is 1. The van der Waals surface area contributed by atoms with E-state index in [1.165, 1.54) is 32.1 Å². The Morgan fingerprint density at radius 3 is 1.79 bits per heavy atom. The summed E-state index contributed by atoms with van der Waals surface area (Å²) in [6.45, 7) is 4.22. The molecule has 0 aromatic rings. The van der Waals surface area contributed by atoms with Crippen molar-refractivity contribution in [2.24, 2.45) is 0 Å². The summed E-state index contributed by atoms with van der Waals surface area (Å²) in [6.07, 6.45) is 33.7. The minimum Gasteiger partial charge on any atom is -0.462 e. The van der Waals surface area contributed by atoms with E-state index in [1.807, 2.05) is 39.4 Å². The third-order valence-corrected chi connectivity index (χ3v) is 9.73. The molecule has 0 radical (unpaired) electrons. The summed E-state index contributed by atoms with van der Waals surface area (Å²) in [4.78, 5) is 35.3. The lowest BCUT2D eigenvalue weighted by Gasteiger charge is -2.24. The van der Waals surface area contributed by atoms with Crippen LogP contribution in [0, 0.1) is 0 Å². The van der Waals surface area contributed by atoms with Crippen LogP contribution in [-0.4, -0.2) is 86.1 Å². The van der Waals surface area contributed by atoms with Crippen molar-refractivity contribution >= 4 is 19.8 Å². The van der Waals surface area contributed by atoms with Crippen LogP contribution >= 0.6 is 7.82 Å². The summed E-state index contributed by atoms with van der Waals surface area (Å²) in [5.41, 5.74) is 0.